The van der Waals surface area contributed by atoms with Crippen molar-refractivity contribution in [1.82, 2.24) is 19.9 Å². The fourth-order valence-corrected chi connectivity index (χ4v) is 4.86. The van der Waals surface area contributed by atoms with Gasteiger partial charge in [0.15, 0.2) is 0 Å². The first-order valence-electron chi connectivity index (χ1n) is 11.2. The average molecular weight is 526 g/mol. The zero-order chi connectivity index (χ0) is 26.7. The van der Waals surface area contributed by atoms with E-state index in [0.717, 1.165) is 12.1 Å². The lowest BCUT2D eigenvalue weighted by Gasteiger charge is -2.14. The van der Waals surface area contributed by atoms with Crippen LogP contribution in [0.3, 0.4) is 0 Å². The maximum atomic E-state index is 13.6. The van der Waals surface area contributed by atoms with E-state index in [4.69, 9.17) is 4.74 Å². The topological polar surface area (TPSA) is 132 Å². The third-order valence-electron chi connectivity index (χ3n) is 5.72. The van der Waals surface area contributed by atoms with E-state index in [-0.39, 0.29) is 34.5 Å². The van der Waals surface area contributed by atoms with Gasteiger partial charge in [0.2, 0.25) is 11.8 Å². The van der Waals surface area contributed by atoms with Crippen molar-refractivity contribution in [3.63, 3.8) is 0 Å². The minimum absolute atomic E-state index is 0.0109. The lowest BCUT2D eigenvalue weighted by molar-refractivity contribution is -0.124. The lowest BCUT2D eigenvalue weighted by Crippen LogP contribution is -2.32. The van der Waals surface area contributed by atoms with Crippen LogP contribution in [0.1, 0.15) is 6.92 Å². The van der Waals surface area contributed by atoms with Gasteiger partial charge < -0.3 is 10.1 Å². The molecule has 2 N–H and O–H groups in total. The van der Waals surface area contributed by atoms with Gasteiger partial charge >= 0.3 is 0 Å². The number of nitrogens with zero attached hydrogens (tertiary/aromatic N) is 3. The van der Waals surface area contributed by atoms with Crippen LogP contribution in [-0.2, 0) is 21.4 Å². The maximum Gasteiger partial charge on any atom is 0.262 e. The first-order valence-corrected chi connectivity index (χ1v) is 12.6. The second-order valence-corrected chi connectivity index (χ2v) is 9.98. The molecule has 0 fully saturated rings. The van der Waals surface area contributed by atoms with E-state index >= 15 is 0 Å². The normalized spacial score (nSPS) is 12.2. The first kappa shape index (κ1) is 25.8. The Labute approximate surface area is 212 Å². The quantitative estimate of drug-likeness (QED) is 0.362. The number of pyridine rings is 1. The number of hydrogen-bond acceptors (Lipinski definition) is 7. The number of amides is 1. The Balaban J connectivity index is 1.73. The number of carbonyl (C=O) groups excluding carboxylic acids is 1. The Kier molecular flexibility index (Phi) is 7.21. The Bertz CT molecular complexity index is 1660. The van der Waals surface area contributed by atoms with Gasteiger partial charge in [-0.2, -0.15) is 0 Å². The number of fused-ring (bicyclic) bond motifs is 1. The second kappa shape index (κ2) is 10.3. The van der Waals surface area contributed by atoms with Gasteiger partial charge in [0.05, 0.1) is 35.2 Å². The van der Waals surface area contributed by atoms with Gasteiger partial charge in [-0.15, -0.1) is 0 Å². The van der Waals surface area contributed by atoms with Crippen LogP contribution in [0.4, 0.5) is 10.1 Å². The van der Waals surface area contributed by atoms with Crippen molar-refractivity contribution in [3.8, 4) is 17.0 Å². The molecular formula is C25H24FN5O5S. The molecule has 0 spiro atoms. The highest BCUT2D eigenvalue weighted by atomic mass is 32.2. The summed E-state index contributed by atoms with van der Waals surface area (Å²) >= 11 is 0. The van der Waals surface area contributed by atoms with Crippen molar-refractivity contribution in [2.45, 2.75) is 18.4 Å². The molecule has 4 rings (SSSR count). The highest BCUT2D eigenvalue weighted by molar-refractivity contribution is 7.92. The third kappa shape index (κ3) is 5.43. The summed E-state index contributed by atoms with van der Waals surface area (Å²) in [6, 6.07) is 11.1. The summed E-state index contributed by atoms with van der Waals surface area (Å²) in [4.78, 5) is 33.3. The summed E-state index contributed by atoms with van der Waals surface area (Å²) in [5.74, 6) is -1.32. The average Bonchev–Trinajstić information content (AvgIpc) is 2.89. The predicted molar refractivity (Wildman–Crippen MR) is 136 cm³/mol. The zero-order valence-corrected chi connectivity index (χ0v) is 21.0. The molecule has 2 aromatic carbocycles. The van der Waals surface area contributed by atoms with Crippen LogP contribution in [0.5, 0.6) is 5.88 Å². The predicted octanol–water partition coefficient (Wildman–Crippen LogP) is 2.79. The molecule has 12 heteroatoms. The Hall–Kier alpha value is -4.32. The summed E-state index contributed by atoms with van der Waals surface area (Å²) in [5.41, 5.74) is 1.24. The number of anilines is 1. The van der Waals surface area contributed by atoms with Crippen LogP contribution in [-0.4, -0.2) is 43.0 Å². The molecule has 0 bridgehead atoms. The van der Waals surface area contributed by atoms with Crippen LogP contribution in [0.2, 0.25) is 0 Å². The van der Waals surface area contributed by atoms with Gasteiger partial charge in [-0.25, -0.2) is 22.8 Å². The van der Waals surface area contributed by atoms with Crippen molar-refractivity contribution in [1.29, 1.82) is 0 Å². The molecule has 0 aliphatic heterocycles. The fourth-order valence-electron chi connectivity index (χ4n) is 3.78. The molecule has 0 aliphatic carbocycles. The van der Waals surface area contributed by atoms with Crippen molar-refractivity contribution in [2.24, 2.45) is 5.92 Å². The van der Waals surface area contributed by atoms with Gasteiger partial charge in [-0.3, -0.25) is 18.9 Å². The van der Waals surface area contributed by atoms with E-state index in [1.165, 1.54) is 49.4 Å². The molecule has 1 atom stereocenters. The number of benzene rings is 2. The SMILES string of the molecule is CNC(=O)C(C)Cn1cnc2ccc(-c3cnc(OC)c(NS(=O)(=O)c4cccc(F)c4)c3)cc2c1=O. The summed E-state index contributed by atoms with van der Waals surface area (Å²) in [6.07, 6.45) is 2.88. The Morgan fingerprint density at radius 1 is 1.14 bits per heavy atom. The highest BCUT2D eigenvalue weighted by Crippen LogP contribution is 2.31. The number of rotatable bonds is 8. The first-order chi connectivity index (χ1) is 17.6. The standard InChI is InChI=1S/C25H24FN5O5S/c1-15(23(32)27-2)13-31-14-29-21-8-7-16(9-20(21)25(31)33)17-10-22(24(36-3)28-12-17)30-37(34,35)19-6-4-5-18(26)11-19/h4-12,14-15,30H,13H2,1-3H3,(H,27,32). The van der Waals surface area contributed by atoms with Crippen molar-refractivity contribution >= 4 is 32.5 Å². The molecule has 4 aromatic rings. The molecule has 2 aromatic heterocycles. The minimum atomic E-state index is -4.14. The maximum absolute atomic E-state index is 13.6. The number of sulfonamides is 1. The second-order valence-electron chi connectivity index (χ2n) is 8.29. The van der Waals surface area contributed by atoms with Crippen LogP contribution in [0.25, 0.3) is 22.0 Å². The third-order valence-corrected chi connectivity index (χ3v) is 7.08. The molecule has 0 radical (unpaired) electrons. The van der Waals surface area contributed by atoms with E-state index in [0.29, 0.717) is 22.0 Å². The van der Waals surface area contributed by atoms with Gasteiger partial charge in [0, 0.05) is 25.4 Å². The van der Waals surface area contributed by atoms with Crippen LogP contribution in [0, 0.1) is 11.7 Å². The van der Waals surface area contributed by atoms with Crippen LogP contribution >= 0.6 is 0 Å². The van der Waals surface area contributed by atoms with Crippen molar-refractivity contribution in [2.75, 3.05) is 18.9 Å². The molecule has 0 aliphatic rings. The summed E-state index contributed by atoms with van der Waals surface area (Å²) in [7, 11) is -1.27. The largest absolute Gasteiger partial charge is 0.480 e. The number of halogens is 1. The van der Waals surface area contributed by atoms with Gasteiger partial charge in [-0.1, -0.05) is 19.1 Å². The summed E-state index contributed by atoms with van der Waals surface area (Å²) in [5, 5.41) is 2.88. The van der Waals surface area contributed by atoms with Gasteiger partial charge in [-0.05, 0) is 42.0 Å². The fraction of sp³-hybridized carbons (Fsp3) is 0.200. The number of nitrogens with one attached hydrogen (secondary N) is 2. The number of hydrogen-bond donors (Lipinski definition) is 2. The Morgan fingerprint density at radius 3 is 2.62 bits per heavy atom. The zero-order valence-electron chi connectivity index (χ0n) is 20.2. The molecule has 0 saturated heterocycles. The number of methoxy groups -OCH3 is 1. The summed E-state index contributed by atoms with van der Waals surface area (Å²) < 4.78 is 48.3. The van der Waals surface area contributed by atoms with Crippen LogP contribution in [0.15, 0.2) is 70.7 Å². The smallest absolute Gasteiger partial charge is 0.262 e. The number of carbonyl (C=O) groups is 1. The monoisotopic (exact) mass is 525 g/mol. The molecule has 1 amide bonds. The molecule has 10 nitrogen and oxygen atoms in total. The number of ether oxygens (including phenoxy) is 1. The summed E-state index contributed by atoms with van der Waals surface area (Å²) in [6.45, 7) is 1.86. The molecule has 192 valence electrons. The molecule has 1 unspecified atom stereocenters. The van der Waals surface area contributed by atoms with E-state index in [9.17, 15) is 22.4 Å². The molecule has 2 heterocycles. The lowest BCUT2D eigenvalue weighted by atomic mass is 10.0. The van der Waals surface area contributed by atoms with Crippen LogP contribution < -0.4 is 20.3 Å². The van der Waals surface area contributed by atoms with Gasteiger partial charge in [0.1, 0.15) is 11.5 Å². The Morgan fingerprint density at radius 2 is 1.92 bits per heavy atom. The molecule has 0 saturated carbocycles. The van der Waals surface area contributed by atoms with Gasteiger partial charge in [0.25, 0.3) is 15.6 Å². The number of aromatic nitrogens is 3. The van der Waals surface area contributed by atoms with Crippen molar-refractivity contribution in [3.05, 3.63) is 77.2 Å². The van der Waals surface area contributed by atoms with E-state index in [1.807, 2.05) is 0 Å². The molecule has 37 heavy (non-hydrogen) atoms. The minimum Gasteiger partial charge on any atom is -0.480 e. The van der Waals surface area contributed by atoms with E-state index in [1.54, 1.807) is 25.1 Å². The van der Waals surface area contributed by atoms with E-state index in [2.05, 4.69) is 20.0 Å². The molecular weight excluding hydrogens is 501 g/mol. The van der Waals surface area contributed by atoms with E-state index < -0.39 is 21.8 Å². The highest BCUT2D eigenvalue weighted by Gasteiger charge is 2.19. The van der Waals surface area contributed by atoms with Crippen molar-refractivity contribution < 1.29 is 22.3 Å².